The Kier molecular flexibility index (Phi) is 5.14. The van der Waals surface area contributed by atoms with Gasteiger partial charge in [0.2, 0.25) is 0 Å². The van der Waals surface area contributed by atoms with Gasteiger partial charge in [-0.2, -0.15) is 0 Å². The van der Waals surface area contributed by atoms with Crippen LogP contribution in [0.5, 0.6) is 0 Å². The molecule has 1 aromatic heterocycles. The fourth-order valence-electron chi connectivity index (χ4n) is 2.64. The number of ketones is 1. The van der Waals surface area contributed by atoms with E-state index in [4.69, 9.17) is 0 Å². The van der Waals surface area contributed by atoms with Crippen LogP contribution in [0.3, 0.4) is 0 Å². The summed E-state index contributed by atoms with van der Waals surface area (Å²) < 4.78 is 0. The van der Waals surface area contributed by atoms with Crippen LogP contribution in [0.15, 0.2) is 23.0 Å². The van der Waals surface area contributed by atoms with E-state index < -0.39 is 0 Å². The monoisotopic (exact) mass is 300 g/mol. The lowest BCUT2D eigenvalue weighted by Crippen LogP contribution is -2.25. The summed E-state index contributed by atoms with van der Waals surface area (Å²) in [5, 5.41) is 0.595. The van der Waals surface area contributed by atoms with Crippen LogP contribution in [0, 0.1) is 6.92 Å². The maximum Gasteiger partial charge on any atom is 0.194 e. The number of aryl methyl sites for hydroxylation is 1. The minimum absolute atomic E-state index is 0.0245. The Balaban J connectivity index is 2.46. The molecule has 1 aromatic carbocycles. The Morgan fingerprint density at radius 3 is 2.68 bits per heavy atom. The van der Waals surface area contributed by atoms with E-state index in [9.17, 15) is 9.59 Å². The molecule has 2 rings (SSSR count). The number of Topliss-reactive ketones (excluding diaryl/α,β-unsaturated/α-hetero) is 1. The molecule has 2 aromatic rings. The molecule has 22 heavy (non-hydrogen) atoms. The van der Waals surface area contributed by atoms with Gasteiger partial charge in [0.15, 0.2) is 11.2 Å². The number of H-pyrrole nitrogens is 1. The second kappa shape index (κ2) is 6.88. The molecular formula is C18H24N2O2. The van der Waals surface area contributed by atoms with Gasteiger partial charge in [-0.3, -0.25) is 9.59 Å². The van der Waals surface area contributed by atoms with E-state index in [-0.39, 0.29) is 11.2 Å². The standard InChI is InChI=1S/C18H24N2O2/c1-5-6-9-20(4)11-16-12(2)19-17-8-7-14(13(3)21)10-15(17)18(16)22/h7-8,10H,5-6,9,11H2,1-4H3,(H,19,22). The van der Waals surface area contributed by atoms with Crippen LogP contribution in [0.2, 0.25) is 0 Å². The van der Waals surface area contributed by atoms with Crippen molar-refractivity contribution in [2.24, 2.45) is 0 Å². The van der Waals surface area contributed by atoms with Crippen LogP contribution in [-0.2, 0) is 6.54 Å². The Labute approximate surface area is 131 Å². The van der Waals surface area contributed by atoms with E-state index in [2.05, 4.69) is 16.8 Å². The molecule has 0 unspecified atom stereocenters. The molecule has 0 saturated carbocycles. The van der Waals surface area contributed by atoms with Gasteiger partial charge >= 0.3 is 0 Å². The van der Waals surface area contributed by atoms with E-state index in [1.807, 2.05) is 20.0 Å². The third-order valence-electron chi connectivity index (χ3n) is 4.04. The zero-order valence-electron chi connectivity index (χ0n) is 13.8. The maximum absolute atomic E-state index is 12.8. The number of carbonyl (C=O) groups excluding carboxylic acids is 1. The van der Waals surface area contributed by atoms with E-state index in [0.717, 1.165) is 36.2 Å². The van der Waals surface area contributed by atoms with Crippen LogP contribution in [0.4, 0.5) is 0 Å². The molecule has 0 saturated heterocycles. The zero-order valence-corrected chi connectivity index (χ0v) is 13.8. The van der Waals surface area contributed by atoms with Crippen molar-refractivity contribution in [2.75, 3.05) is 13.6 Å². The van der Waals surface area contributed by atoms with Crippen molar-refractivity contribution in [1.82, 2.24) is 9.88 Å². The average molecular weight is 300 g/mol. The van der Waals surface area contributed by atoms with Gasteiger partial charge in [-0.15, -0.1) is 0 Å². The molecule has 0 amide bonds. The number of aromatic amines is 1. The van der Waals surface area contributed by atoms with Crippen molar-refractivity contribution in [3.05, 3.63) is 45.2 Å². The molecule has 4 heteroatoms. The highest BCUT2D eigenvalue weighted by Crippen LogP contribution is 2.15. The Bertz CT molecular complexity index is 747. The largest absolute Gasteiger partial charge is 0.358 e. The topological polar surface area (TPSA) is 53.2 Å². The Morgan fingerprint density at radius 2 is 2.05 bits per heavy atom. The number of rotatable bonds is 6. The maximum atomic E-state index is 12.8. The summed E-state index contributed by atoms with van der Waals surface area (Å²) in [5.41, 5.74) is 3.07. The predicted molar refractivity (Wildman–Crippen MR) is 90.6 cm³/mol. The first-order valence-electron chi connectivity index (χ1n) is 7.79. The predicted octanol–water partition coefficient (Wildman–Crippen LogP) is 3.27. The van der Waals surface area contributed by atoms with Gasteiger partial charge in [0, 0.05) is 34.3 Å². The van der Waals surface area contributed by atoms with Crippen LogP contribution in [-0.4, -0.2) is 29.3 Å². The quantitative estimate of drug-likeness (QED) is 0.833. The number of pyridine rings is 1. The highest BCUT2D eigenvalue weighted by atomic mass is 16.1. The number of hydrogen-bond donors (Lipinski definition) is 1. The molecule has 4 nitrogen and oxygen atoms in total. The van der Waals surface area contributed by atoms with Gasteiger partial charge in [-0.25, -0.2) is 0 Å². The molecular weight excluding hydrogens is 276 g/mol. The van der Waals surface area contributed by atoms with Crippen molar-refractivity contribution in [3.63, 3.8) is 0 Å². The van der Waals surface area contributed by atoms with Crippen molar-refractivity contribution >= 4 is 16.7 Å². The average Bonchev–Trinajstić information content (AvgIpc) is 2.49. The first-order chi connectivity index (χ1) is 10.4. The molecule has 0 spiro atoms. The number of unbranched alkanes of at least 4 members (excludes halogenated alkanes) is 1. The highest BCUT2D eigenvalue weighted by molar-refractivity contribution is 5.97. The SMILES string of the molecule is CCCCN(C)Cc1c(C)[nH]c2ccc(C(C)=O)cc2c1=O. The molecule has 0 fully saturated rings. The van der Waals surface area contributed by atoms with Gasteiger partial charge in [-0.1, -0.05) is 13.3 Å². The van der Waals surface area contributed by atoms with Crippen LogP contribution in [0.1, 0.15) is 48.3 Å². The lowest BCUT2D eigenvalue weighted by atomic mass is 10.0. The van der Waals surface area contributed by atoms with Crippen LogP contribution < -0.4 is 5.43 Å². The summed E-state index contributed by atoms with van der Waals surface area (Å²) in [7, 11) is 2.03. The summed E-state index contributed by atoms with van der Waals surface area (Å²) in [6.07, 6.45) is 2.26. The van der Waals surface area contributed by atoms with E-state index in [1.165, 1.54) is 6.92 Å². The molecule has 0 aliphatic rings. The first kappa shape index (κ1) is 16.4. The fourth-order valence-corrected chi connectivity index (χ4v) is 2.64. The highest BCUT2D eigenvalue weighted by Gasteiger charge is 2.12. The van der Waals surface area contributed by atoms with Gasteiger partial charge in [-0.05, 0) is 52.1 Å². The number of nitrogens with zero attached hydrogens (tertiary/aromatic N) is 1. The smallest absolute Gasteiger partial charge is 0.194 e. The van der Waals surface area contributed by atoms with Crippen LogP contribution in [0.25, 0.3) is 10.9 Å². The molecule has 118 valence electrons. The lowest BCUT2D eigenvalue weighted by Gasteiger charge is -2.17. The third-order valence-corrected chi connectivity index (χ3v) is 4.04. The number of nitrogens with one attached hydrogen (secondary N) is 1. The van der Waals surface area contributed by atoms with Gasteiger partial charge in [0.05, 0.1) is 0 Å². The van der Waals surface area contributed by atoms with Crippen molar-refractivity contribution in [2.45, 2.75) is 40.2 Å². The van der Waals surface area contributed by atoms with Gasteiger partial charge in [0.1, 0.15) is 0 Å². The number of hydrogen-bond acceptors (Lipinski definition) is 3. The van der Waals surface area contributed by atoms with E-state index in [0.29, 0.717) is 17.5 Å². The molecule has 0 bridgehead atoms. The normalized spacial score (nSPS) is 11.3. The summed E-state index contributed by atoms with van der Waals surface area (Å²) in [4.78, 5) is 29.8. The minimum atomic E-state index is -0.0245. The second-order valence-corrected chi connectivity index (χ2v) is 5.97. The summed E-state index contributed by atoms with van der Waals surface area (Å²) in [6.45, 7) is 7.21. The number of benzene rings is 1. The molecule has 0 aliphatic carbocycles. The Morgan fingerprint density at radius 1 is 1.32 bits per heavy atom. The van der Waals surface area contributed by atoms with Gasteiger partial charge < -0.3 is 9.88 Å². The summed E-state index contributed by atoms with van der Waals surface area (Å²) >= 11 is 0. The summed E-state index contributed by atoms with van der Waals surface area (Å²) in [6, 6.07) is 5.27. The van der Waals surface area contributed by atoms with Crippen molar-refractivity contribution < 1.29 is 4.79 Å². The first-order valence-corrected chi connectivity index (χ1v) is 7.79. The second-order valence-electron chi connectivity index (χ2n) is 5.97. The van der Waals surface area contributed by atoms with Crippen molar-refractivity contribution in [1.29, 1.82) is 0 Å². The molecule has 0 radical (unpaired) electrons. The lowest BCUT2D eigenvalue weighted by molar-refractivity contribution is 0.101. The molecule has 0 aliphatic heterocycles. The third kappa shape index (κ3) is 3.45. The summed E-state index contributed by atoms with van der Waals surface area (Å²) in [5.74, 6) is -0.0245. The molecule has 0 atom stereocenters. The number of fused-ring (bicyclic) bond motifs is 1. The number of carbonyl (C=O) groups is 1. The van der Waals surface area contributed by atoms with Crippen LogP contribution >= 0.6 is 0 Å². The Hall–Kier alpha value is -1.94. The minimum Gasteiger partial charge on any atom is -0.358 e. The molecule has 1 heterocycles. The zero-order chi connectivity index (χ0) is 16.3. The van der Waals surface area contributed by atoms with Gasteiger partial charge in [0.25, 0.3) is 0 Å². The van der Waals surface area contributed by atoms with Crippen molar-refractivity contribution in [3.8, 4) is 0 Å². The van der Waals surface area contributed by atoms with E-state index in [1.54, 1.807) is 12.1 Å². The molecule has 1 N–H and O–H groups in total. The van der Waals surface area contributed by atoms with E-state index >= 15 is 0 Å². The fraction of sp³-hybridized carbons (Fsp3) is 0.444. The number of aromatic nitrogens is 1.